The summed E-state index contributed by atoms with van der Waals surface area (Å²) in [6.07, 6.45) is 3.84. The first kappa shape index (κ1) is 13.2. The minimum Gasteiger partial charge on any atom is -0.367 e. The van der Waals surface area contributed by atoms with Crippen LogP contribution in [0.15, 0.2) is 18.3 Å². The van der Waals surface area contributed by atoms with E-state index in [-0.39, 0.29) is 11.9 Å². The van der Waals surface area contributed by atoms with E-state index in [2.05, 4.69) is 10.3 Å². The molecule has 2 heterocycles. The van der Waals surface area contributed by atoms with Crippen LogP contribution < -0.4 is 5.32 Å². The molecule has 0 amide bonds. The van der Waals surface area contributed by atoms with Crippen molar-refractivity contribution in [3.8, 4) is 0 Å². The lowest BCUT2D eigenvalue weighted by atomic mass is 10.1. The van der Waals surface area contributed by atoms with Crippen LogP contribution >= 0.6 is 0 Å². The van der Waals surface area contributed by atoms with Crippen LogP contribution in [0.5, 0.6) is 0 Å². The molecule has 0 atom stereocenters. The number of pyridine rings is 1. The average Bonchev–Trinajstić information content (AvgIpc) is 2.32. The molecule has 1 saturated heterocycles. The molecule has 1 aliphatic rings. The molecule has 7 heteroatoms. The maximum atomic E-state index is 12.7. The molecule has 0 unspecified atom stereocenters. The van der Waals surface area contributed by atoms with Gasteiger partial charge in [0.2, 0.25) is 10.0 Å². The summed E-state index contributed by atoms with van der Waals surface area (Å²) in [4.78, 5) is 3.92. The van der Waals surface area contributed by atoms with E-state index >= 15 is 0 Å². The number of rotatable bonds is 3. The number of hydrogen-bond acceptors (Lipinski definition) is 4. The topological polar surface area (TPSA) is 62.3 Å². The van der Waals surface area contributed by atoms with Crippen molar-refractivity contribution in [2.24, 2.45) is 0 Å². The molecule has 1 aromatic heterocycles. The summed E-state index contributed by atoms with van der Waals surface area (Å²) < 4.78 is 36.8. The van der Waals surface area contributed by atoms with Crippen molar-refractivity contribution in [2.45, 2.75) is 18.9 Å². The van der Waals surface area contributed by atoms with Crippen LogP contribution in [0.4, 0.5) is 10.2 Å². The van der Waals surface area contributed by atoms with Gasteiger partial charge in [-0.15, -0.1) is 0 Å². The summed E-state index contributed by atoms with van der Waals surface area (Å²) in [7, 11) is -3.09. The van der Waals surface area contributed by atoms with Gasteiger partial charge in [-0.05, 0) is 25.0 Å². The molecule has 1 fully saturated rings. The third kappa shape index (κ3) is 3.39. The third-order valence-electron chi connectivity index (χ3n) is 3.00. The van der Waals surface area contributed by atoms with Crippen LogP contribution in [-0.2, 0) is 10.0 Å². The van der Waals surface area contributed by atoms with Gasteiger partial charge in [-0.25, -0.2) is 22.1 Å². The summed E-state index contributed by atoms with van der Waals surface area (Å²) in [5, 5.41) is 3.18. The van der Waals surface area contributed by atoms with Gasteiger partial charge in [-0.3, -0.25) is 0 Å². The van der Waals surface area contributed by atoms with Gasteiger partial charge in [-0.2, -0.15) is 0 Å². The summed E-state index contributed by atoms with van der Waals surface area (Å²) in [6.45, 7) is 1.02. The van der Waals surface area contributed by atoms with Crippen LogP contribution in [0.25, 0.3) is 0 Å². The molecule has 0 aromatic carbocycles. The molecule has 18 heavy (non-hydrogen) atoms. The van der Waals surface area contributed by atoms with Crippen molar-refractivity contribution in [1.29, 1.82) is 0 Å². The van der Waals surface area contributed by atoms with Gasteiger partial charge in [-0.1, -0.05) is 0 Å². The van der Waals surface area contributed by atoms with Gasteiger partial charge in [0.1, 0.15) is 11.6 Å². The Morgan fingerprint density at radius 2 is 2.06 bits per heavy atom. The van der Waals surface area contributed by atoms with E-state index in [1.807, 2.05) is 0 Å². The van der Waals surface area contributed by atoms with Crippen LogP contribution in [0, 0.1) is 5.82 Å². The Kier molecular flexibility index (Phi) is 3.82. The van der Waals surface area contributed by atoms with Crippen molar-refractivity contribution < 1.29 is 12.8 Å². The highest BCUT2D eigenvalue weighted by atomic mass is 32.2. The molecule has 2 rings (SSSR count). The minimum atomic E-state index is -3.09. The van der Waals surface area contributed by atoms with Crippen molar-refractivity contribution in [3.05, 3.63) is 24.1 Å². The number of nitrogens with one attached hydrogen (secondary N) is 1. The molecule has 1 N–H and O–H groups in total. The number of halogens is 1. The Balaban J connectivity index is 1.89. The number of nitrogens with zero attached hydrogens (tertiary/aromatic N) is 2. The van der Waals surface area contributed by atoms with Gasteiger partial charge in [0.15, 0.2) is 0 Å². The highest BCUT2D eigenvalue weighted by Gasteiger charge is 2.24. The predicted molar refractivity (Wildman–Crippen MR) is 67.3 cm³/mol. The smallest absolute Gasteiger partial charge is 0.211 e. The quantitative estimate of drug-likeness (QED) is 0.894. The van der Waals surface area contributed by atoms with Crippen LogP contribution in [-0.4, -0.2) is 43.1 Å². The summed E-state index contributed by atoms with van der Waals surface area (Å²) in [6, 6.07) is 3.11. The van der Waals surface area contributed by atoms with Gasteiger partial charge in [0, 0.05) is 19.1 Å². The Bertz CT molecular complexity index is 496. The van der Waals surface area contributed by atoms with Crippen LogP contribution in [0.2, 0.25) is 0 Å². The Hall–Kier alpha value is -1.21. The second-order valence-electron chi connectivity index (χ2n) is 4.44. The van der Waals surface area contributed by atoms with Crippen molar-refractivity contribution in [3.63, 3.8) is 0 Å². The van der Waals surface area contributed by atoms with E-state index in [1.165, 1.54) is 16.6 Å². The lowest BCUT2D eigenvalue weighted by Gasteiger charge is -2.30. The molecule has 1 aliphatic heterocycles. The van der Waals surface area contributed by atoms with E-state index in [0.717, 1.165) is 19.0 Å². The SMILES string of the molecule is CS(=O)(=O)N1CCC(Nc2ccc(F)cn2)CC1. The van der Waals surface area contributed by atoms with Gasteiger partial charge < -0.3 is 5.32 Å². The zero-order chi connectivity index (χ0) is 13.2. The van der Waals surface area contributed by atoms with Crippen molar-refractivity contribution >= 4 is 15.8 Å². The fourth-order valence-electron chi connectivity index (χ4n) is 2.00. The fraction of sp³-hybridized carbons (Fsp3) is 0.545. The van der Waals surface area contributed by atoms with Gasteiger partial charge in [0.25, 0.3) is 0 Å². The number of anilines is 1. The molecule has 0 bridgehead atoms. The summed E-state index contributed by atoms with van der Waals surface area (Å²) >= 11 is 0. The number of piperidine rings is 1. The van der Waals surface area contributed by atoms with Gasteiger partial charge in [0.05, 0.1) is 12.5 Å². The minimum absolute atomic E-state index is 0.181. The molecule has 1 aromatic rings. The van der Waals surface area contributed by atoms with Crippen molar-refractivity contribution in [1.82, 2.24) is 9.29 Å². The lowest BCUT2D eigenvalue weighted by molar-refractivity contribution is 0.331. The number of hydrogen-bond donors (Lipinski definition) is 1. The van der Waals surface area contributed by atoms with Crippen molar-refractivity contribution in [2.75, 3.05) is 24.7 Å². The third-order valence-corrected chi connectivity index (χ3v) is 4.31. The van der Waals surface area contributed by atoms with E-state index in [9.17, 15) is 12.8 Å². The zero-order valence-corrected chi connectivity index (χ0v) is 11.0. The highest BCUT2D eigenvalue weighted by molar-refractivity contribution is 7.88. The lowest BCUT2D eigenvalue weighted by Crippen LogP contribution is -2.41. The monoisotopic (exact) mass is 273 g/mol. The Labute approximate surface area is 106 Å². The molecule has 5 nitrogen and oxygen atoms in total. The first-order valence-electron chi connectivity index (χ1n) is 5.78. The predicted octanol–water partition coefficient (Wildman–Crippen LogP) is 1.06. The molecular formula is C11H16FN3O2S. The van der Waals surface area contributed by atoms with E-state index in [1.54, 1.807) is 6.07 Å². The Morgan fingerprint density at radius 3 is 2.56 bits per heavy atom. The normalized spacial score (nSPS) is 18.8. The molecule has 0 saturated carbocycles. The maximum absolute atomic E-state index is 12.7. The molecule has 0 aliphatic carbocycles. The molecule has 0 spiro atoms. The summed E-state index contributed by atoms with van der Waals surface area (Å²) in [5.74, 6) is 0.252. The first-order chi connectivity index (χ1) is 8.45. The highest BCUT2D eigenvalue weighted by Crippen LogP contribution is 2.16. The number of aromatic nitrogens is 1. The molecule has 0 radical (unpaired) electrons. The zero-order valence-electron chi connectivity index (χ0n) is 10.1. The Morgan fingerprint density at radius 1 is 1.39 bits per heavy atom. The largest absolute Gasteiger partial charge is 0.367 e. The standard InChI is InChI=1S/C11H16FN3O2S/c1-18(16,17)15-6-4-10(5-7-15)14-11-3-2-9(12)8-13-11/h2-3,8,10H,4-7H2,1H3,(H,13,14). The van der Waals surface area contributed by atoms with Crippen LogP contribution in [0.3, 0.4) is 0 Å². The summed E-state index contributed by atoms with van der Waals surface area (Å²) in [5.41, 5.74) is 0. The van der Waals surface area contributed by atoms with Gasteiger partial charge >= 0.3 is 0 Å². The number of sulfonamides is 1. The molecule has 100 valence electrons. The fourth-order valence-corrected chi connectivity index (χ4v) is 2.88. The maximum Gasteiger partial charge on any atom is 0.211 e. The molecular weight excluding hydrogens is 257 g/mol. The second-order valence-corrected chi connectivity index (χ2v) is 6.42. The van der Waals surface area contributed by atoms with E-state index in [0.29, 0.717) is 18.9 Å². The van der Waals surface area contributed by atoms with E-state index < -0.39 is 10.0 Å². The first-order valence-corrected chi connectivity index (χ1v) is 7.63. The van der Waals surface area contributed by atoms with E-state index in [4.69, 9.17) is 0 Å². The second kappa shape index (κ2) is 5.19. The average molecular weight is 273 g/mol. The van der Waals surface area contributed by atoms with Crippen LogP contribution in [0.1, 0.15) is 12.8 Å².